The van der Waals surface area contributed by atoms with Gasteiger partial charge in [-0.25, -0.2) is 12.8 Å². The number of benzene rings is 1. The summed E-state index contributed by atoms with van der Waals surface area (Å²) in [7, 11) is -2.56. The normalized spacial score (nSPS) is 11.8. The highest BCUT2D eigenvalue weighted by Gasteiger charge is 2.27. The van der Waals surface area contributed by atoms with Gasteiger partial charge in [-0.1, -0.05) is 17.7 Å². The number of nitrogens with zero attached hydrogens (tertiary/aromatic N) is 2. The van der Waals surface area contributed by atoms with Crippen LogP contribution in [-0.4, -0.2) is 38.0 Å². The summed E-state index contributed by atoms with van der Waals surface area (Å²) in [5.41, 5.74) is 0.696. The average molecular weight is 359 g/mol. The standard InChI is InChI=1S/C15H16ClFN2O3S/c1-22-8-7-19(11-12-3-2-6-18-10-12)23(20,21)15-5-4-13(16)9-14(15)17/h2-6,9-10H,7-8,11H2,1H3. The van der Waals surface area contributed by atoms with E-state index in [0.29, 0.717) is 5.56 Å². The van der Waals surface area contributed by atoms with Crippen LogP contribution >= 0.6 is 11.6 Å². The second-order valence-electron chi connectivity index (χ2n) is 4.77. The molecule has 1 aromatic carbocycles. The second kappa shape index (κ2) is 7.83. The van der Waals surface area contributed by atoms with Crippen LogP contribution in [0.3, 0.4) is 0 Å². The summed E-state index contributed by atoms with van der Waals surface area (Å²) < 4.78 is 45.6. The van der Waals surface area contributed by atoms with Crippen molar-refractivity contribution < 1.29 is 17.5 Å². The molecule has 0 N–H and O–H groups in total. The van der Waals surface area contributed by atoms with Crippen LogP contribution in [0.4, 0.5) is 4.39 Å². The fourth-order valence-corrected chi connectivity index (χ4v) is 3.61. The van der Waals surface area contributed by atoms with Crippen LogP contribution in [-0.2, 0) is 21.3 Å². The zero-order chi connectivity index (χ0) is 16.9. The fraction of sp³-hybridized carbons (Fsp3) is 0.267. The summed E-state index contributed by atoms with van der Waals surface area (Å²) in [6, 6.07) is 6.94. The predicted molar refractivity (Wildman–Crippen MR) is 85.1 cm³/mol. The summed E-state index contributed by atoms with van der Waals surface area (Å²) in [6.45, 7) is 0.353. The maximum absolute atomic E-state index is 14.0. The fourth-order valence-electron chi connectivity index (χ4n) is 2.00. The van der Waals surface area contributed by atoms with Gasteiger partial charge in [-0.2, -0.15) is 4.31 Å². The first-order chi connectivity index (χ1) is 10.9. The van der Waals surface area contributed by atoms with Crippen molar-refractivity contribution in [3.63, 3.8) is 0 Å². The molecule has 1 aromatic heterocycles. The molecule has 0 saturated heterocycles. The quantitative estimate of drug-likeness (QED) is 0.763. The van der Waals surface area contributed by atoms with Crippen molar-refractivity contribution in [2.45, 2.75) is 11.4 Å². The molecular weight excluding hydrogens is 343 g/mol. The van der Waals surface area contributed by atoms with Gasteiger partial charge < -0.3 is 4.74 Å². The highest BCUT2D eigenvalue weighted by Crippen LogP contribution is 2.23. The summed E-state index contributed by atoms with van der Waals surface area (Å²) >= 11 is 5.68. The van der Waals surface area contributed by atoms with Crippen molar-refractivity contribution in [2.24, 2.45) is 0 Å². The topological polar surface area (TPSA) is 59.5 Å². The molecule has 0 bridgehead atoms. The number of halogens is 2. The van der Waals surface area contributed by atoms with E-state index in [1.165, 1.54) is 13.2 Å². The number of rotatable bonds is 7. The van der Waals surface area contributed by atoms with Crippen molar-refractivity contribution in [1.82, 2.24) is 9.29 Å². The molecule has 1 heterocycles. The SMILES string of the molecule is COCCN(Cc1cccnc1)S(=O)(=O)c1ccc(Cl)cc1F. The Hall–Kier alpha value is -1.54. The Balaban J connectivity index is 2.36. The summed E-state index contributed by atoms with van der Waals surface area (Å²) in [4.78, 5) is 3.54. The van der Waals surface area contributed by atoms with Gasteiger partial charge in [-0.05, 0) is 29.8 Å². The van der Waals surface area contributed by atoms with Gasteiger partial charge >= 0.3 is 0 Å². The largest absolute Gasteiger partial charge is 0.383 e. The number of methoxy groups -OCH3 is 1. The van der Waals surface area contributed by atoms with E-state index in [1.807, 2.05) is 0 Å². The monoisotopic (exact) mass is 358 g/mol. The van der Waals surface area contributed by atoms with Gasteiger partial charge in [0.25, 0.3) is 0 Å². The zero-order valence-corrected chi connectivity index (χ0v) is 14.0. The van der Waals surface area contributed by atoms with Gasteiger partial charge in [0.15, 0.2) is 0 Å². The number of hydrogen-bond acceptors (Lipinski definition) is 4. The van der Waals surface area contributed by atoms with Crippen LogP contribution in [0, 0.1) is 5.82 Å². The minimum Gasteiger partial charge on any atom is -0.383 e. The van der Waals surface area contributed by atoms with Crippen LogP contribution in [0.15, 0.2) is 47.6 Å². The molecule has 8 heteroatoms. The van der Waals surface area contributed by atoms with E-state index in [9.17, 15) is 12.8 Å². The summed E-state index contributed by atoms with van der Waals surface area (Å²) in [5, 5.41) is 0.136. The molecule has 0 unspecified atom stereocenters. The molecule has 5 nitrogen and oxygen atoms in total. The third-order valence-electron chi connectivity index (χ3n) is 3.14. The molecule has 2 rings (SSSR count). The Kier molecular flexibility index (Phi) is 6.06. The van der Waals surface area contributed by atoms with Crippen LogP contribution in [0.5, 0.6) is 0 Å². The van der Waals surface area contributed by atoms with Gasteiger partial charge in [-0.3, -0.25) is 4.98 Å². The lowest BCUT2D eigenvalue weighted by atomic mass is 10.3. The van der Waals surface area contributed by atoms with Crippen LogP contribution in [0.25, 0.3) is 0 Å². The first kappa shape index (κ1) is 17.8. The first-order valence-corrected chi connectivity index (χ1v) is 8.60. The third kappa shape index (κ3) is 4.48. The van der Waals surface area contributed by atoms with E-state index in [-0.39, 0.29) is 24.7 Å². The molecular formula is C15H16ClFN2O3S. The predicted octanol–water partition coefficient (Wildman–Crippen LogP) is 2.71. The van der Waals surface area contributed by atoms with Crippen molar-refractivity contribution >= 4 is 21.6 Å². The number of hydrogen-bond donors (Lipinski definition) is 0. The van der Waals surface area contributed by atoms with Gasteiger partial charge in [0.1, 0.15) is 10.7 Å². The molecule has 0 spiro atoms. The van der Waals surface area contributed by atoms with Crippen LogP contribution in [0.1, 0.15) is 5.56 Å². The lowest BCUT2D eigenvalue weighted by Gasteiger charge is -2.22. The van der Waals surface area contributed by atoms with E-state index >= 15 is 0 Å². The molecule has 0 radical (unpaired) electrons. The molecule has 0 aliphatic heterocycles. The van der Waals surface area contributed by atoms with Gasteiger partial charge in [0.2, 0.25) is 10.0 Å². The lowest BCUT2D eigenvalue weighted by molar-refractivity contribution is 0.177. The number of sulfonamides is 1. The maximum atomic E-state index is 14.0. The second-order valence-corrected chi connectivity index (χ2v) is 7.11. The van der Waals surface area contributed by atoms with E-state index < -0.39 is 20.7 Å². The molecule has 0 atom stereocenters. The van der Waals surface area contributed by atoms with E-state index in [0.717, 1.165) is 16.4 Å². The molecule has 0 fully saturated rings. The highest BCUT2D eigenvalue weighted by molar-refractivity contribution is 7.89. The summed E-state index contributed by atoms with van der Waals surface area (Å²) in [6.07, 6.45) is 3.16. The van der Waals surface area contributed by atoms with Crippen LogP contribution < -0.4 is 0 Å². The van der Waals surface area contributed by atoms with Crippen molar-refractivity contribution in [2.75, 3.05) is 20.3 Å². The summed E-state index contributed by atoms with van der Waals surface area (Å²) in [5.74, 6) is -0.883. The van der Waals surface area contributed by atoms with E-state index in [2.05, 4.69) is 4.98 Å². The molecule has 124 valence electrons. The Morgan fingerprint density at radius 1 is 1.35 bits per heavy atom. The van der Waals surface area contributed by atoms with Gasteiger partial charge in [0, 0.05) is 37.6 Å². The smallest absolute Gasteiger partial charge is 0.246 e. The Morgan fingerprint density at radius 2 is 2.13 bits per heavy atom. The van der Waals surface area contributed by atoms with Crippen molar-refractivity contribution in [3.8, 4) is 0 Å². The number of pyridine rings is 1. The lowest BCUT2D eigenvalue weighted by Crippen LogP contribution is -2.34. The minimum atomic E-state index is -4.03. The van der Waals surface area contributed by atoms with Crippen molar-refractivity contribution in [1.29, 1.82) is 0 Å². The first-order valence-electron chi connectivity index (χ1n) is 6.78. The molecule has 23 heavy (non-hydrogen) atoms. The number of aromatic nitrogens is 1. The highest BCUT2D eigenvalue weighted by atomic mass is 35.5. The van der Waals surface area contributed by atoms with Crippen LogP contribution in [0.2, 0.25) is 5.02 Å². The average Bonchev–Trinajstić information content (AvgIpc) is 2.52. The molecule has 0 aliphatic rings. The van der Waals surface area contributed by atoms with Gasteiger partial charge in [-0.15, -0.1) is 0 Å². The Labute approximate surface area is 139 Å². The van der Waals surface area contributed by atoms with Crippen molar-refractivity contribution in [3.05, 3.63) is 59.1 Å². The zero-order valence-electron chi connectivity index (χ0n) is 12.4. The molecule has 2 aromatic rings. The third-order valence-corrected chi connectivity index (χ3v) is 5.25. The minimum absolute atomic E-state index is 0.0710. The maximum Gasteiger partial charge on any atom is 0.246 e. The molecule has 0 aliphatic carbocycles. The van der Waals surface area contributed by atoms with Gasteiger partial charge in [0.05, 0.1) is 6.61 Å². The molecule has 0 saturated carbocycles. The molecule has 0 amide bonds. The van der Waals surface area contributed by atoms with E-state index in [4.69, 9.17) is 16.3 Å². The van der Waals surface area contributed by atoms with E-state index in [1.54, 1.807) is 24.5 Å². The number of ether oxygens (including phenoxy) is 1. The Bertz CT molecular complexity index is 757. The Morgan fingerprint density at radius 3 is 2.74 bits per heavy atom.